The average molecular weight is 423 g/mol. The molecule has 3 aliphatic rings. The normalized spacial score (nSPS) is 53.6. The van der Waals surface area contributed by atoms with E-state index in [1.807, 2.05) is 13.8 Å². The van der Waals surface area contributed by atoms with Gasteiger partial charge in [0, 0.05) is 32.7 Å². The van der Waals surface area contributed by atoms with E-state index in [2.05, 4.69) is 6.92 Å². The van der Waals surface area contributed by atoms with E-state index < -0.39 is 30.5 Å². The minimum absolute atomic E-state index is 0. The fourth-order valence-electron chi connectivity index (χ4n) is 4.39. The van der Waals surface area contributed by atoms with E-state index in [1.54, 1.807) is 11.7 Å². The van der Waals surface area contributed by atoms with Crippen molar-refractivity contribution in [2.75, 3.05) is 6.79 Å². The van der Waals surface area contributed by atoms with Gasteiger partial charge in [-0.25, -0.2) is 0 Å². The quantitative estimate of drug-likeness (QED) is 0.507. The van der Waals surface area contributed by atoms with E-state index in [1.165, 1.54) is 0 Å². The van der Waals surface area contributed by atoms with Gasteiger partial charge in [0.15, 0.2) is 6.10 Å². The van der Waals surface area contributed by atoms with E-state index in [0.717, 1.165) is 6.42 Å². The summed E-state index contributed by atoms with van der Waals surface area (Å²) in [5.74, 6) is 0.0999. The van der Waals surface area contributed by atoms with Crippen LogP contribution in [0.15, 0.2) is 0 Å². The van der Waals surface area contributed by atoms with Gasteiger partial charge in [0.25, 0.3) is 0 Å². The third kappa shape index (κ3) is 4.06. The van der Waals surface area contributed by atoms with Crippen LogP contribution in [-0.4, -0.2) is 61.6 Å². The zero-order chi connectivity index (χ0) is 18.3. The molecule has 3 rings (SSSR count). The van der Waals surface area contributed by atoms with Gasteiger partial charge in [-0.05, 0) is 36.7 Å². The molecule has 1 saturated carbocycles. The maximum atomic E-state index is 10.6. The number of rotatable bonds is 3. The van der Waals surface area contributed by atoms with E-state index in [9.17, 15) is 10.2 Å². The molecule has 137 valence electrons. The van der Waals surface area contributed by atoms with Crippen LogP contribution >= 0.6 is 0 Å². The summed E-state index contributed by atoms with van der Waals surface area (Å²) < 4.78 is 32.3. The van der Waals surface area contributed by atoms with E-state index in [-0.39, 0.29) is 69.3 Å². The van der Waals surface area contributed by atoms with Gasteiger partial charge >= 0.3 is 2.86 Å². The fraction of sp³-hybridized carbons (Fsp3) is 0.941. The summed E-state index contributed by atoms with van der Waals surface area (Å²) in [4.78, 5) is 0. The summed E-state index contributed by atoms with van der Waals surface area (Å²) in [5.41, 5.74) is 0. The van der Waals surface area contributed by atoms with Crippen molar-refractivity contribution in [1.82, 2.24) is 0 Å². The van der Waals surface area contributed by atoms with Crippen LogP contribution in [-0.2, 0) is 46.9 Å². The van der Waals surface area contributed by atoms with Gasteiger partial charge in [0.1, 0.15) is 12.9 Å². The topological polar surface area (TPSA) is 91.1 Å². The van der Waals surface area contributed by atoms with Gasteiger partial charge in [-0.1, -0.05) is 20.8 Å². The maximum Gasteiger partial charge on any atom is 0.487 e. The molecule has 2 aliphatic heterocycles. The van der Waals surface area contributed by atoms with Crippen LogP contribution in [0.1, 0.15) is 33.6 Å². The Kier molecular flexibility index (Phi) is 6.61. The second-order valence-corrected chi connectivity index (χ2v) is 7.59. The summed E-state index contributed by atoms with van der Waals surface area (Å²) in [6.45, 7) is 7.66. The molecule has 5 unspecified atom stereocenters. The Balaban J connectivity index is 0.00000243. The molecule has 10 atom stereocenters. The third-order valence-electron chi connectivity index (χ3n) is 5.99. The molecule has 2 heterocycles. The van der Waals surface area contributed by atoms with Crippen LogP contribution < -0.4 is 0 Å². The van der Waals surface area contributed by atoms with Gasteiger partial charge in [-0.3, -0.25) is 0 Å². The van der Waals surface area contributed by atoms with E-state index in [4.69, 9.17) is 17.1 Å². The summed E-state index contributed by atoms with van der Waals surface area (Å²) in [6, 6.07) is 0. The molecular weight excluding hydrogens is 389 g/mol. The van der Waals surface area contributed by atoms with Crippen molar-refractivity contribution in [2.45, 2.75) is 70.2 Å². The molecule has 0 aromatic heterocycles. The smallest absolute Gasteiger partial charge is 0.487 e. The van der Waals surface area contributed by atoms with E-state index >= 15 is 0 Å². The minimum atomic E-state index is -0.788. The first-order chi connectivity index (χ1) is 11.8. The second kappa shape index (κ2) is 8.70. The first-order valence-electron chi connectivity index (χ1n) is 9.45. The van der Waals surface area contributed by atoms with Gasteiger partial charge < -0.3 is 29.5 Å². The summed E-state index contributed by atoms with van der Waals surface area (Å²) in [7, 11) is 0. The largest absolute Gasteiger partial charge is 0.530 e. The molecule has 7 heteroatoms. The zero-order valence-electron chi connectivity index (χ0n) is 16.6. The number of aliphatic hydroxyl groups is 2. The van der Waals surface area contributed by atoms with Crippen molar-refractivity contribution in [1.29, 1.82) is 2.86 Å². The number of ether oxygens (including phenoxy) is 3. The average Bonchev–Trinajstić information content (AvgIpc) is 2.56. The molecule has 0 amide bonds. The number of hydrogen-bond acceptors (Lipinski definition) is 5. The van der Waals surface area contributed by atoms with E-state index in [0.29, 0.717) is 6.42 Å². The molecule has 0 bridgehead atoms. The number of fused-ring (bicyclic) bond motifs is 1. The molecule has 3 fully saturated rings. The minimum Gasteiger partial charge on any atom is -0.530 e. The van der Waals surface area contributed by atoms with Gasteiger partial charge in [0.2, 0.25) is 0 Å². The van der Waals surface area contributed by atoms with Crippen molar-refractivity contribution in [2.24, 2.45) is 23.7 Å². The fourth-order valence-corrected chi connectivity index (χ4v) is 4.39. The van der Waals surface area contributed by atoms with Crippen molar-refractivity contribution in [3.05, 3.63) is 6.61 Å². The summed E-state index contributed by atoms with van der Waals surface area (Å²) >= 11 is 0. The first kappa shape index (κ1) is 18.2. The number of hydrogen-bond donors (Lipinski definition) is 2. The summed E-state index contributed by atoms with van der Waals surface area (Å²) in [5, 5.41) is 22.4. The van der Waals surface area contributed by atoms with Crippen LogP contribution in [0.4, 0.5) is 0 Å². The summed E-state index contributed by atoms with van der Waals surface area (Å²) in [6.07, 6.45) is -1.78. The molecule has 0 aromatic rings. The molecule has 6 nitrogen and oxygen atoms in total. The molecular formula is C17H30O6Y. The third-order valence-corrected chi connectivity index (χ3v) is 5.99. The zero-order valence-corrected chi connectivity index (χ0v) is 17.4. The molecule has 2 saturated heterocycles. The Morgan fingerprint density at radius 2 is 1.96 bits per heavy atom. The molecule has 0 spiro atoms. The Morgan fingerprint density at radius 1 is 1.21 bits per heavy atom. The van der Waals surface area contributed by atoms with Crippen LogP contribution in [0.5, 0.6) is 0 Å². The van der Waals surface area contributed by atoms with Crippen LogP contribution in [0.2, 0.25) is 0 Å². The van der Waals surface area contributed by atoms with Crippen molar-refractivity contribution in [3.8, 4) is 0 Å². The van der Waals surface area contributed by atoms with Crippen LogP contribution in [0.3, 0.4) is 0 Å². The van der Waals surface area contributed by atoms with Crippen molar-refractivity contribution >= 4 is 0 Å². The Labute approximate surface area is 172 Å². The Hall–Kier alpha value is 0.864. The standard InChI is InChI=1S/C17H29O6.Y/c1-8-4-9(2)14(18)16(20)11(8)5-12-10(3)15(19)17-13(23-12)6-21-7-22-17;/h6,8-20H,4-5,7H2,1-3H3;/q-1;/p+1/t8?,9?,10-,11-,12-,13?,14-,15?,16?,17-;/m1./s1/i19T;/hT. The predicted octanol–water partition coefficient (Wildman–Crippen LogP) is 0.419. The molecule has 0 aromatic carbocycles. The maximum absolute atomic E-state index is 10.6. The molecule has 1 radical (unpaired) electrons. The predicted molar refractivity (Wildman–Crippen MR) is 83.4 cm³/mol. The first-order valence-corrected chi connectivity index (χ1v) is 8.64. The van der Waals surface area contributed by atoms with Crippen LogP contribution in [0.25, 0.3) is 0 Å². The van der Waals surface area contributed by atoms with Gasteiger partial charge in [-0.2, -0.15) is 6.61 Å². The van der Waals surface area contributed by atoms with Gasteiger partial charge in [-0.15, -0.1) is 0 Å². The Morgan fingerprint density at radius 3 is 2.67 bits per heavy atom. The molecule has 4 N–H and O–H groups in total. The Bertz CT molecular complexity index is 459. The van der Waals surface area contributed by atoms with Crippen molar-refractivity contribution < 1.29 is 62.2 Å². The second-order valence-electron chi connectivity index (χ2n) is 7.59. The van der Waals surface area contributed by atoms with Crippen LogP contribution in [0, 0.1) is 30.3 Å². The monoisotopic (exact) mass is 423 g/mol. The van der Waals surface area contributed by atoms with Gasteiger partial charge in [0.05, 0.1) is 24.2 Å². The molecule has 1 aliphatic carbocycles. The number of aliphatic hydroxyl groups excluding tert-OH is 2. The molecule has 24 heavy (non-hydrogen) atoms. The SMILES string of the molecule is [3H][O+]([3H])C1[C@@H]2OCO[CH-]C2O[C@H](C[C@@H]2C(C)CC(C)[C@@H](O)C2O)[C@H]1C.[Y]. The van der Waals surface area contributed by atoms with Crippen molar-refractivity contribution in [3.63, 3.8) is 0 Å².